The van der Waals surface area contributed by atoms with Gasteiger partial charge in [0.05, 0.1) is 5.92 Å². The molecule has 2 amide bonds. The number of benzene rings is 1. The highest BCUT2D eigenvalue weighted by atomic mass is 16.4. The maximum atomic E-state index is 12.2. The lowest BCUT2D eigenvalue weighted by atomic mass is 10.0. The van der Waals surface area contributed by atoms with Crippen molar-refractivity contribution < 1.29 is 19.5 Å². The van der Waals surface area contributed by atoms with E-state index < -0.39 is 17.9 Å². The molecule has 1 aromatic rings. The molecule has 0 aromatic heterocycles. The van der Waals surface area contributed by atoms with Crippen LogP contribution in [-0.4, -0.2) is 35.5 Å². The molecule has 2 unspecified atom stereocenters. The van der Waals surface area contributed by atoms with E-state index in [1.807, 2.05) is 0 Å². The van der Waals surface area contributed by atoms with Crippen molar-refractivity contribution in [3.63, 3.8) is 0 Å². The average Bonchev–Trinajstić information content (AvgIpc) is 2.92. The Balaban J connectivity index is 2.10. The zero-order valence-electron chi connectivity index (χ0n) is 12.7. The summed E-state index contributed by atoms with van der Waals surface area (Å²) in [7, 11) is 0. The minimum Gasteiger partial charge on any atom is -0.481 e. The summed E-state index contributed by atoms with van der Waals surface area (Å²) in [6.45, 7) is 3.87. The summed E-state index contributed by atoms with van der Waals surface area (Å²) in [5.41, 5.74) is 1.12. The minimum absolute atomic E-state index is 0.0606. The van der Waals surface area contributed by atoms with E-state index in [1.165, 1.54) is 0 Å². The van der Waals surface area contributed by atoms with E-state index in [0.29, 0.717) is 24.2 Å². The number of anilines is 1. The molecule has 0 spiro atoms. The van der Waals surface area contributed by atoms with Crippen molar-refractivity contribution in [1.82, 2.24) is 5.32 Å². The van der Waals surface area contributed by atoms with Crippen LogP contribution in [0.3, 0.4) is 0 Å². The van der Waals surface area contributed by atoms with Crippen LogP contribution in [0.5, 0.6) is 0 Å². The van der Waals surface area contributed by atoms with Crippen LogP contribution in [0, 0.1) is 5.92 Å². The molecule has 0 aliphatic carbocycles. The van der Waals surface area contributed by atoms with E-state index in [1.54, 1.807) is 43.0 Å². The van der Waals surface area contributed by atoms with Gasteiger partial charge in [0.25, 0.3) is 5.91 Å². The van der Waals surface area contributed by atoms with Gasteiger partial charge in [0, 0.05) is 30.3 Å². The van der Waals surface area contributed by atoms with Crippen molar-refractivity contribution in [3.05, 3.63) is 29.8 Å². The number of rotatable bonds is 5. The van der Waals surface area contributed by atoms with Gasteiger partial charge in [-0.25, -0.2) is 0 Å². The van der Waals surface area contributed by atoms with Crippen molar-refractivity contribution >= 4 is 23.5 Å². The lowest BCUT2D eigenvalue weighted by Gasteiger charge is -2.19. The molecule has 22 heavy (non-hydrogen) atoms. The molecule has 2 N–H and O–H groups in total. The molecule has 2 atom stereocenters. The topological polar surface area (TPSA) is 86.7 Å². The molecule has 0 bridgehead atoms. The highest BCUT2D eigenvalue weighted by Crippen LogP contribution is 2.22. The van der Waals surface area contributed by atoms with E-state index in [2.05, 4.69) is 5.32 Å². The Kier molecular flexibility index (Phi) is 4.80. The largest absolute Gasteiger partial charge is 0.481 e. The fourth-order valence-electron chi connectivity index (χ4n) is 2.37. The molecule has 118 valence electrons. The van der Waals surface area contributed by atoms with Gasteiger partial charge in [-0.2, -0.15) is 0 Å². The van der Waals surface area contributed by atoms with Crippen molar-refractivity contribution in [2.24, 2.45) is 5.92 Å². The fourth-order valence-corrected chi connectivity index (χ4v) is 2.37. The number of carbonyl (C=O) groups is 3. The number of hydrogen-bond acceptors (Lipinski definition) is 3. The van der Waals surface area contributed by atoms with Crippen molar-refractivity contribution in [3.8, 4) is 0 Å². The number of nitrogens with zero attached hydrogens (tertiary/aromatic N) is 1. The minimum atomic E-state index is -0.954. The predicted molar refractivity (Wildman–Crippen MR) is 81.8 cm³/mol. The molecule has 1 saturated heterocycles. The Labute approximate surface area is 129 Å². The van der Waals surface area contributed by atoms with E-state index in [4.69, 9.17) is 5.11 Å². The third-order valence-electron chi connectivity index (χ3n) is 3.99. The fraction of sp³-hybridized carbons (Fsp3) is 0.438. The lowest BCUT2D eigenvalue weighted by molar-refractivity contribution is -0.141. The molecule has 1 heterocycles. The summed E-state index contributed by atoms with van der Waals surface area (Å²) >= 11 is 0. The lowest BCUT2D eigenvalue weighted by Crippen LogP contribution is -2.40. The first-order valence-electron chi connectivity index (χ1n) is 7.34. The van der Waals surface area contributed by atoms with Gasteiger partial charge < -0.3 is 15.3 Å². The number of amides is 2. The Bertz CT molecular complexity index is 600. The van der Waals surface area contributed by atoms with Gasteiger partial charge in [-0.15, -0.1) is 0 Å². The van der Waals surface area contributed by atoms with Gasteiger partial charge in [0.15, 0.2) is 0 Å². The quantitative estimate of drug-likeness (QED) is 0.866. The normalized spacial score (nSPS) is 17.2. The standard InChI is InChI=1S/C16H20N2O4/c1-10(16(21)22)11(2)17-15(20)12-5-3-6-13(9-12)18-8-4-7-14(18)19/h3,5-6,9-11H,4,7-8H2,1-2H3,(H,17,20)(H,21,22). The SMILES string of the molecule is CC(NC(=O)c1cccc(N2CCCC2=O)c1)C(C)C(=O)O. The molecule has 1 fully saturated rings. The molecule has 6 heteroatoms. The second kappa shape index (κ2) is 6.60. The molecular weight excluding hydrogens is 284 g/mol. The summed E-state index contributed by atoms with van der Waals surface area (Å²) in [6.07, 6.45) is 1.35. The number of carboxylic acids is 1. The van der Waals surface area contributed by atoms with Crippen LogP contribution in [0.4, 0.5) is 5.69 Å². The first-order valence-corrected chi connectivity index (χ1v) is 7.34. The maximum Gasteiger partial charge on any atom is 0.308 e. The second-order valence-corrected chi connectivity index (χ2v) is 5.59. The molecule has 0 radical (unpaired) electrons. The number of hydrogen-bond donors (Lipinski definition) is 2. The summed E-state index contributed by atoms with van der Waals surface area (Å²) in [5, 5.41) is 11.6. The van der Waals surface area contributed by atoms with Gasteiger partial charge in [-0.3, -0.25) is 14.4 Å². The van der Waals surface area contributed by atoms with Crippen molar-refractivity contribution in [2.45, 2.75) is 32.7 Å². The van der Waals surface area contributed by atoms with Crippen LogP contribution in [0.25, 0.3) is 0 Å². The summed E-state index contributed by atoms with van der Waals surface area (Å²) < 4.78 is 0. The molecule has 6 nitrogen and oxygen atoms in total. The zero-order chi connectivity index (χ0) is 16.3. The van der Waals surface area contributed by atoms with E-state index in [0.717, 1.165) is 6.42 Å². The Hall–Kier alpha value is -2.37. The summed E-state index contributed by atoms with van der Waals surface area (Å²) in [4.78, 5) is 36.6. The Morgan fingerprint density at radius 1 is 1.32 bits per heavy atom. The second-order valence-electron chi connectivity index (χ2n) is 5.59. The van der Waals surface area contributed by atoms with Crippen LogP contribution in [0.15, 0.2) is 24.3 Å². The number of nitrogens with one attached hydrogen (secondary N) is 1. The molecule has 0 saturated carbocycles. The zero-order valence-corrected chi connectivity index (χ0v) is 12.7. The van der Waals surface area contributed by atoms with E-state index >= 15 is 0 Å². The third-order valence-corrected chi connectivity index (χ3v) is 3.99. The van der Waals surface area contributed by atoms with E-state index in [-0.39, 0.29) is 11.8 Å². The third kappa shape index (κ3) is 3.44. The first kappa shape index (κ1) is 16.0. The molecule has 1 aliphatic rings. The van der Waals surface area contributed by atoms with Gasteiger partial charge in [0.2, 0.25) is 5.91 Å². The van der Waals surface area contributed by atoms with Gasteiger partial charge in [-0.05, 0) is 38.5 Å². The molecule has 1 aromatic carbocycles. The Morgan fingerprint density at radius 2 is 2.05 bits per heavy atom. The van der Waals surface area contributed by atoms with E-state index in [9.17, 15) is 14.4 Å². The van der Waals surface area contributed by atoms with Gasteiger partial charge in [-0.1, -0.05) is 6.07 Å². The highest BCUT2D eigenvalue weighted by Gasteiger charge is 2.24. The Morgan fingerprint density at radius 3 is 2.64 bits per heavy atom. The van der Waals surface area contributed by atoms with Crippen LogP contribution >= 0.6 is 0 Å². The summed E-state index contributed by atoms with van der Waals surface area (Å²) in [6, 6.07) is 6.35. The monoisotopic (exact) mass is 304 g/mol. The molecule has 2 rings (SSSR count). The van der Waals surface area contributed by atoms with Crippen molar-refractivity contribution in [2.75, 3.05) is 11.4 Å². The van der Waals surface area contributed by atoms with Crippen LogP contribution in [-0.2, 0) is 9.59 Å². The maximum absolute atomic E-state index is 12.2. The number of aliphatic carboxylic acids is 1. The van der Waals surface area contributed by atoms with Gasteiger partial charge in [0.1, 0.15) is 0 Å². The van der Waals surface area contributed by atoms with Crippen LogP contribution < -0.4 is 10.2 Å². The number of carboxylic acid groups (broad SMARTS) is 1. The van der Waals surface area contributed by atoms with Crippen LogP contribution in [0.1, 0.15) is 37.0 Å². The molecule has 1 aliphatic heterocycles. The highest BCUT2D eigenvalue weighted by molar-refractivity contribution is 5.99. The smallest absolute Gasteiger partial charge is 0.308 e. The molecular formula is C16H20N2O4. The predicted octanol–water partition coefficient (Wildman–Crippen LogP) is 1.65. The summed E-state index contributed by atoms with van der Waals surface area (Å²) in [5.74, 6) is -1.91. The number of carbonyl (C=O) groups excluding carboxylic acids is 2. The average molecular weight is 304 g/mol. The first-order chi connectivity index (χ1) is 10.4. The van der Waals surface area contributed by atoms with Gasteiger partial charge >= 0.3 is 5.97 Å². The van der Waals surface area contributed by atoms with Crippen molar-refractivity contribution in [1.29, 1.82) is 0 Å². The van der Waals surface area contributed by atoms with Crippen LogP contribution in [0.2, 0.25) is 0 Å².